The molecule has 0 radical (unpaired) electrons. The number of anilines is 2. The number of rotatable bonds is 8. The van der Waals surface area contributed by atoms with Crippen molar-refractivity contribution in [2.45, 2.75) is 20.3 Å². The summed E-state index contributed by atoms with van der Waals surface area (Å²) in [6.45, 7) is 4.25. The molecule has 0 atom stereocenters. The minimum absolute atomic E-state index is 0.118. The average molecular weight is 453 g/mol. The number of aromatic nitrogens is 2. The molecule has 0 spiro atoms. The number of methoxy groups -OCH3 is 1. The highest BCUT2D eigenvalue weighted by atomic mass is 16.5. The molecule has 1 aromatic heterocycles. The quantitative estimate of drug-likeness (QED) is 0.356. The van der Waals surface area contributed by atoms with E-state index in [0.717, 1.165) is 40.2 Å². The van der Waals surface area contributed by atoms with Crippen LogP contribution in [0.1, 0.15) is 18.1 Å². The molecule has 172 valence electrons. The molecule has 4 aromatic rings. The molecule has 1 heterocycles. The van der Waals surface area contributed by atoms with Gasteiger partial charge < -0.3 is 10.1 Å². The predicted octanol–water partition coefficient (Wildman–Crippen LogP) is 5.74. The van der Waals surface area contributed by atoms with E-state index < -0.39 is 0 Å². The molecule has 6 nitrogen and oxygen atoms in total. The first-order valence-corrected chi connectivity index (χ1v) is 11.3. The minimum Gasteiger partial charge on any atom is -0.497 e. The van der Waals surface area contributed by atoms with Crippen LogP contribution in [-0.2, 0) is 11.2 Å². The number of carbonyl (C=O) groups is 1. The van der Waals surface area contributed by atoms with Gasteiger partial charge in [-0.1, -0.05) is 55.0 Å². The molecule has 34 heavy (non-hydrogen) atoms. The fourth-order valence-corrected chi connectivity index (χ4v) is 3.63. The van der Waals surface area contributed by atoms with E-state index in [9.17, 15) is 4.79 Å². The Morgan fingerprint density at radius 2 is 1.50 bits per heavy atom. The van der Waals surface area contributed by atoms with Crippen molar-refractivity contribution in [3.8, 4) is 28.3 Å². The fraction of sp³-hybridized carbons (Fsp3) is 0.179. The average Bonchev–Trinajstić information content (AvgIpc) is 2.88. The number of hydrogen-bond acceptors (Lipinski definition) is 5. The van der Waals surface area contributed by atoms with Gasteiger partial charge in [0.1, 0.15) is 5.75 Å². The van der Waals surface area contributed by atoms with E-state index in [-0.39, 0.29) is 18.4 Å². The molecular formula is C28H28N4O2. The van der Waals surface area contributed by atoms with Gasteiger partial charge >= 0.3 is 0 Å². The summed E-state index contributed by atoms with van der Waals surface area (Å²) in [6, 6.07) is 25.7. The van der Waals surface area contributed by atoms with Gasteiger partial charge in [0.2, 0.25) is 11.9 Å². The largest absolute Gasteiger partial charge is 0.497 e. The van der Waals surface area contributed by atoms with Gasteiger partial charge in [0, 0.05) is 16.8 Å². The molecule has 3 aromatic carbocycles. The Hall–Kier alpha value is -4.19. The highest BCUT2D eigenvalue weighted by Gasteiger charge is 2.12. The van der Waals surface area contributed by atoms with E-state index in [4.69, 9.17) is 4.74 Å². The van der Waals surface area contributed by atoms with Crippen LogP contribution in [0.4, 0.5) is 11.6 Å². The van der Waals surface area contributed by atoms with E-state index in [0.29, 0.717) is 5.69 Å². The van der Waals surface area contributed by atoms with Gasteiger partial charge in [-0.3, -0.25) is 10.1 Å². The van der Waals surface area contributed by atoms with E-state index >= 15 is 0 Å². The molecule has 0 bridgehead atoms. The number of hydrogen-bond donors (Lipinski definition) is 2. The second kappa shape index (κ2) is 10.6. The summed E-state index contributed by atoms with van der Waals surface area (Å²) in [6.07, 6.45) is 0.887. The Morgan fingerprint density at radius 3 is 2.12 bits per heavy atom. The van der Waals surface area contributed by atoms with Gasteiger partial charge in [-0.15, -0.1) is 0 Å². The third kappa shape index (κ3) is 5.59. The van der Waals surface area contributed by atoms with Crippen LogP contribution in [0.2, 0.25) is 0 Å². The van der Waals surface area contributed by atoms with Crippen LogP contribution in [0.15, 0.2) is 78.9 Å². The standard InChI is InChI=1S/C28H28N4O2/c1-4-20-7-5-6-8-24(20)29-18-27(33)32-28-30-25(21-11-9-19(2)10-12-21)17-26(31-28)22-13-15-23(34-3)16-14-22/h5-17,29H,4,18H2,1-3H3,(H,30,31,32,33). The van der Waals surface area contributed by atoms with Crippen molar-refractivity contribution in [2.24, 2.45) is 0 Å². The molecule has 0 aliphatic carbocycles. The number of aryl methyl sites for hydroxylation is 2. The lowest BCUT2D eigenvalue weighted by Gasteiger charge is -2.12. The van der Waals surface area contributed by atoms with Crippen LogP contribution < -0.4 is 15.4 Å². The molecule has 1 amide bonds. The Morgan fingerprint density at radius 1 is 0.882 bits per heavy atom. The van der Waals surface area contributed by atoms with Crippen molar-refractivity contribution in [3.05, 3.63) is 90.0 Å². The first-order chi connectivity index (χ1) is 16.6. The number of amides is 1. The zero-order valence-electron chi connectivity index (χ0n) is 19.6. The summed E-state index contributed by atoms with van der Waals surface area (Å²) in [4.78, 5) is 22.0. The number of ether oxygens (including phenoxy) is 1. The van der Waals surface area contributed by atoms with E-state index in [1.807, 2.05) is 79.7 Å². The summed E-state index contributed by atoms with van der Waals surface area (Å²) in [7, 11) is 1.63. The third-order valence-electron chi connectivity index (χ3n) is 5.55. The lowest BCUT2D eigenvalue weighted by atomic mass is 10.1. The van der Waals surface area contributed by atoms with Gasteiger partial charge in [0.15, 0.2) is 0 Å². The first-order valence-electron chi connectivity index (χ1n) is 11.3. The van der Waals surface area contributed by atoms with Gasteiger partial charge in [-0.2, -0.15) is 0 Å². The number of nitrogens with one attached hydrogen (secondary N) is 2. The van der Waals surface area contributed by atoms with Gasteiger partial charge in [0.25, 0.3) is 0 Å². The van der Waals surface area contributed by atoms with Crippen molar-refractivity contribution in [1.29, 1.82) is 0 Å². The summed E-state index contributed by atoms with van der Waals surface area (Å²) >= 11 is 0. The van der Waals surface area contributed by atoms with Crippen molar-refractivity contribution in [2.75, 3.05) is 24.3 Å². The van der Waals surface area contributed by atoms with Gasteiger partial charge in [-0.25, -0.2) is 9.97 Å². The van der Waals surface area contributed by atoms with Crippen LogP contribution in [0.3, 0.4) is 0 Å². The maximum absolute atomic E-state index is 12.7. The van der Waals surface area contributed by atoms with E-state index in [1.165, 1.54) is 5.56 Å². The lowest BCUT2D eigenvalue weighted by molar-refractivity contribution is -0.114. The molecule has 0 saturated carbocycles. The van der Waals surface area contributed by atoms with Crippen LogP contribution >= 0.6 is 0 Å². The Labute approximate surface area is 200 Å². The molecule has 4 rings (SSSR count). The summed E-state index contributed by atoms with van der Waals surface area (Å²) in [5, 5.41) is 6.07. The Kier molecular flexibility index (Phi) is 7.18. The Bertz CT molecular complexity index is 1270. The van der Waals surface area contributed by atoms with E-state index in [2.05, 4.69) is 33.6 Å². The Balaban J connectivity index is 1.60. The van der Waals surface area contributed by atoms with Crippen molar-refractivity contribution in [1.82, 2.24) is 9.97 Å². The maximum atomic E-state index is 12.7. The molecule has 0 unspecified atom stereocenters. The maximum Gasteiger partial charge on any atom is 0.246 e. The summed E-state index contributed by atoms with van der Waals surface area (Å²) < 4.78 is 5.27. The number of carbonyl (C=O) groups excluding carboxylic acids is 1. The zero-order valence-corrected chi connectivity index (χ0v) is 19.6. The molecule has 2 N–H and O–H groups in total. The van der Waals surface area contributed by atoms with Crippen molar-refractivity contribution >= 4 is 17.5 Å². The van der Waals surface area contributed by atoms with Crippen LogP contribution in [0.25, 0.3) is 22.5 Å². The highest BCUT2D eigenvalue weighted by Crippen LogP contribution is 2.27. The number of para-hydroxylation sites is 1. The van der Waals surface area contributed by atoms with Crippen molar-refractivity contribution < 1.29 is 9.53 Å². The molecule has 0 aliphatic heterocycles. The third-order valence-corrected chi connectivity index (χ3v) is 5.55. The van der Waals surface area contributed by atoms with Crippen LogP contribution in [0.5, 0.6) is 5.75 Å². The second-order valence-electron chi connectivity index (χ2n) is 7.97. The smallest absolute Gasteiger partial charge is 0.246 e. The predicted molar refractivity (Wildman–Crippen MR) is 137 cm³/mol. The molecule has 0 fully saturated rings. The van der Waals surface area contributed by atoms with Gasteiger partial charge in [-0.05, 0) is 55.3 Å². The molecule has 6 heteroatoms. The summed E-state index contributed by atoms with van der Waals surface area (Å²) in [5.74, 6) is 0.815. The second-order valence-corrected chi connectivity index (χ2v) is 7.97. The monoisotopic (exact) mass is 452 g/mol. The van der Waals surface area contributed by atoms with Crippen LogP contribution in [-0.4, -0.2) is 29.5 Å². The minimum atomic E-state index is -0.215. The normalized spacial score (nSPS) is 10.6. The highest BCUT2D eigenvalue weighted by molar-refractivity contribution is 5.92. The number of nitrogens with zero attached hydrogens (tertiary/aromatic N) is 2. The topological polar surface area (TPSA) is 76.1 Å². The fourth-order valence-electron chi connectivity index (χ4n) is 3.63. The van der Waals surface area contributed by atoms with Crippen molar-refractivity contribution in [3.63, 3.8) is 0 Å². The first kappa shape index (κ1) is 23.0. The zero-order chi connectivity index (χ0) is 23.9. The lowest BCUT2D eigenvalue weighted by Crippen LogP contribution is -2.23. The van der Waals surface area contributed by atoms with Crippen LogP contribution in [0, 0.1) is 6.92 Å². The summed E-state index contributed by atoms with van der Waals surface area (Å²) in [5.41, 5.74) is 6.59. The molecule has 0 saturated heterocycles. The number of benzene rings is 3. The van der Waals surface area contributed by atoms with E-state index in [1.54, 1.807) is 7.11 Å². The molecular weight excluding hydrogens is 424 g/mol. The molecule has 0 aliphatic rings. The van der Waals surface area contributed by atoms with Gasteiger partial charge in [0.05, 0.1) is 25.0 Å². The SMILES string of the molecule is CCc1ccccc1NCC(=O)Nc1nc(-c2ccc(C)cc2)cc(-c2ccc(OC)cc2)n1.